The van der Waals surface area contributed by atoms with E-state index in [0.29, 0.717) is 5.92 Å². The van der Waals surface area contributed by atoms with Crippen LogP contribution in [0.5, 0.6) is 0 Å². The summed E-state index contributed by atoms with van der Waals surface area (Å²) in [4.78, 5) is 6.66. The molecule has 0 radical (unpaired) electrons. The van der Waals surface area contributed by atoms with E-state index in [1.54, 1.807) is 7.11 Å². The molecule has 1 atom stereocenters. The van der Waals surface area contributed by atoms with E-state index >= 15 is 0 Å². The number of hydrogen-bond acceptors (Lipinski definition) is 3. The Labute approximate surface area is 115 Å². The second-order valence-corrected chi connectivity index (χ2v) is 5.54. The van der Waals surface area contributed by atoms with Crippen molar-refractivity contribution in [2.75, 3.05) is 51.9 Å². The van der Waals surface area contributed by atoms with Crippen molar-refractivity contribution in [2.45, 2.75) is 6.42 Å². The van der Waals surface area contributed by atoms with Crippen molar-refractivity contribution >= 4 is 17.7 Å². The quantitative estimate of drug-likeness (QED) is 0.329. The fourth-order valence-corrected chi connectivity index (χ4v) is 2.71. The molecule has 0 bridgehead atoms. The Morgan fingerprint density at radius 1 is 1.67 bits per heavy atom. The van der Waals surface area contributed by atoms with Crippen molar-refractivity contribution in [3.63, 3.8) is 0 Å². The van der Waals surface area contributed by atoms with Crippen LogP contribution in [0, 0.1) is 5.92 Å². The molecular weight excluding hydrogens is 246 g/mol. The van der Waals surface area contributed by atoms with E-state index in [0.717, 1.165) is 43.7 Å². The number of likely N-dealkylation sites (tertiary alicyclic amines) is 1. The van der Waals surface area contributed by atoms with Gasteiger partial charge in [0.05, 0.1) is 6.61 Å². The van der Waals surface area contributed by atoms with Gasteiger partial charge in [-0.3, -0.25) is 4.99 Å². The first-order valence-electron chi connectivity index (χ1n) is 6.45. The molecule has 1 unspecified atom stereocenters. The zero-order valence-corrected chi connectivity index (χ0v) is 12.3. The van der Waals surface area contributed by atoms with Crippen molar-refractivity contribution in [1.29, 1.82) is 0 Å². The molecule has 0 aromatic rings. The molecule has 4 nitrogen and oxygen atoms in total. The molecule has 0 aromatic carbocycles. The van der Waals surface area contributed by atoms with Gasteiger partial charge in [-0.2, -0.15) is 11.8 Å². The molecule has 104 valence electrons. The van der Waals surface area contributed by atoms with E-state index in [1.807, 2.05) is 24.9 Å². The summed E-state index contributed by atoms with van der Waals surface area (Å²) >= 11 is 1.88. The topological polar surface area (TPSA) is 36.9 Å². The monoisotopic (exact) mass is 271 g/mol. The van der Waals surface area contributed by atoms with E-state index in [4.69, 9.17) is 4.74 Å². The average molecular weight is 271 g/mol. The van der Waals surface area contributed by atoms with Crippen LogP contribution in [0.15, 0.2) is 17.6 Å². The molecule has 0 aliphatic carbocycles. The highest BCUT2D eigenvalue weighted by Crippen LogP contribution is 2.16. The Balaban J connectivity index is 2.23. The molecule has 1 aliphatic rings. The SMILES string of the molecule is C=CCSCCNC(=NC)N1CCC(COC)C1. The van der Waals surface area contributed by atoms with Gasteiger partial charge in [-0.25, -0.2) is 0 Å². The largest absolute Gasteiger partial charge is 0.384 e. The zero-order chi connectivity index (χ0) is 13.2. The summed E-state index contributed by atoms with van der Waals surface area (Å²) in [6.07, 6.45) is 3.13. The minimum absolute atomic E-state index is 0.642. The van der Waals surface area contributed by atoms with Crippen LogP contribution in [0.3, 0.4) is 0 Å². The summed E-state index contributed by atoms with van der Waals surface area (Å²) in [6.45, 7) is 7.64. The van der Waals surface area contributed by atoms with Crippen molar-refractivity contribution in [3.8, 4) is 0 Å². The number of rotatable bonds is 7. The molecule has 1 saturated heterocycles. The van der Waals surface area contributed by atoms with Gasteiger partial charge in [0.15, 0.2) is 5.96 Å². The summed E-state index contributed by atoms with van der Waals surface area (Å²) in [5.41, 5.74) is 0. The van der Waals surface area contributed by atoms with E-state index in [1.165, 1.54) is 6.42 Å². The third-order valence-electron chi connectivity index (χ3n) is 2.96. The summed E-state index contributed by atoms with van der Waals surface area (Å²) in [6, 6.07) is 0. The highest BCUT2D eigenvalue weighted by atomic mass is 32.2. The van der Waals surface area contributed by atoms with Gasteiger partial charge in [0.2, 0.25) is 0 Å². The number of nitrogens with one attached hydrogen (secondary N) is 1. The van der Waals surface area contributed by atoms with Crippen LogP contribution in [-0.2, 0) is 4.74 Å². The summed E-state index contributed by atoms with van der Waals surface area (Å²) < 4.78 is 5.21. The van der Waals surface area contributed by atoms with Gasteiger partial charge in [0.25, 0.3) is 0 Å². The van der Waals surface area contributed by atoms with Crippen LogP contribution in [0.1, 0.15) is 6.42 Å². The molecule has 0 amide bonds. The number of thioether (sulfide) groups is 1. The minimum atomic E-state index is 0.642. The number of methoxy groups -OCH3 is 1. The maximum absolute atomic E-state index is 5.21. The maximum Gasteiger partial charge on any atom is 0.193 e. The van der Waals surface area contributed by atoms with Crippen molar-refractivity contribution in [1.82, 2.24) is 10.2 Å². The van der Waals surface area contributed by atoms with E-state index in [2.05, 4.69) is 21.8 Å². The van der Waals surface area contributed by atoms with Crippen LogP contribution < -0.4 is 5.32 Å². The van der Waals surface area contributed by atoms with Crippen LogP contribution in [0.25, 0.3) is 0 Å². The fraction of sp³-hybridized carbons (Fsp3) is 0.769. The maximum atomic E-state index is 5.21. The third kappa shape index (κ3) is 5.31. The smallest absolute Gasteiger partial charge is 0.193 e. The van der Waals surface area contributed by atoms with Crippen LogP contribution in [-0.4, -0.2) is 62.8 Å². The molecule has 1 fully saturated rings. The molecule has 0 aromatic heterocycles. The molecule has 1 heterocycles. The van der Waals surface area contributed by atoms with Crippen molar-refractivity contribution in [3.05, 3.63) is 12.7 Å². The second kappa shape index (κ2) is 9.28. The van der Waals surface area contributed by atoms with Gasteiger partial charge in [-0.1, -0.05) is 6.08 Å². The first-order chi connectivity index (χ1) is 8.81. The highest BCUT2D eigenvalue weighted by Gasteiger charge is 2.24. The Morgan fingerprint density at radius 2 is 2.50 bits per heavy atom. The van der Waals surface area contributed by atoms with Crippen LogP contribution in [0.2, 0.25) is 0 Å². The standard InChI is InChI=1S/C13H25N3OS/c1-4-8-18-9-6-15-13(14-2)16-7-5-12(10-16)11-17-3/h4,12H,1,5-11H2,2-3H3,(H,14,15). The van der Waals surface area contributed by atoms with Crippen molar-refractivity contribution in [2.24, 2.45) is 10.9 Å². The number of aliphatic imine (C=N–C) groups is 1. The van der Waals surface area contributed by atoms with Gasteiger partial charge in [0, 0.05) is 51.2 Å². The molecule has 1 aliphatic heterocycles. The lowest BCUT2D eigenvalue weighted by molar-refractivity contribution is 0.157. The highest BCUT2D eigenvalue weighted by molar-refractivity contribution is 7.99. The summed E-state index contributed by atoms with van der Waals surface area (Å²) in [7, 11) is 3.62. The van der Waals surface area contributed by atoms with Crippen LogP contribution >= 0.6 is 11.8 Å². The fourth-order valence-electron chi connectivity index (χ4n) is 2.13. The van der Waals surface area contributed by atoms with E-state index in [-0.39, 0.29) is 0 Å². The molecule has 5 heteroatoms. The molecule has 1 rings (SSSR count). The van der Waals surface area contributed by atoms with Crippen LogP contribution in [0.4, 0.5) is 0 Å². The zero-order valence-electron chi connectivity index (χ0n) is 11.5. The Bertz CT molecular complexity index is 271. The first kappa shape index (κ1) is 15.4. The van der Waals surface area contributed by atoms with Gasteiger partial charge >= 0.3 is 0 Å². The number of nitrogens with zero attached hydrogens (tertiary/aromatic N) is 2. The lowest BCUT2D eigenvalue weighted by atomic mass is 10.1. The predicted molar refractivity (Wildman–Crippen MR) is 80.4 cm³/mol. The average Bonchev–Trinajstić information content (AvgIpc) is 2.83. The molecular formula is C13H25N3OS. The lowest BCUT2D eigenvalue weighted by Crippen LogP contribution is -2.41. The van der Waals surface area contributed by atoms with E-state index in [9.17, 15) is 0 Å². The molecule has 18 heavy (non-hydrogen) atoms. The molecule has 1 N–H and O–H groups in total. The molecule has 0 spiro atoms. The number of ether oxygens (including phenoxy) is 1. The van der Waals surface area contributed by atoms with Gasteiger partial charge < -0.3 is 15.0 Å². The van der Waals surface area contributed by atoms with Gasteiger partial charge in [-0.15, -0.1) is 6.58 Å². The Morgan fingerprint density at radius 3 is 3.17 bits per heavy atom. The number of hydrogen-bond donors (Lipinski definition) is 1. The Hall–Kier alpha value is -0.680. The van der Waals surface area contributed by atoms with E-state index < -0.39 is 0 Å². The summed E-state index contributed by atoms with van der Waals surface area (Å²) in [5, 5.41) is 3.41. The summed E-state index contributed by atoms with van der Waals surface area (Å²) in [5.74, 6) is 3.76. The lowest BCUT2D eigenvalue weighted by Gasteiger charge is -2.21. The Kier molecular flexibility index (Phi) is 7.93. The second-order valence-electron chi connectivity index (χ2n) is 4.39. The van der Waals surface area contributed by atoms with Crippen molar-refractivity contribution < 1.29 is 4.74 Å². The van der Waals surface area contributed by atoms with Gasteiger partial charge in [0.1, 0.15) is 0 Å². The normalized spacial score (nSPS) is 20.2. The molecule has 0 saturated carbocycles. The first-order valence-corrected chi connectivity index (χ1v) is 7.60. The minimum Gasteiger partial charge on any atom is -0.384 e. The van der Waals surface area contributed by atoms with Gasteiger partial charge in [-0.05, 0) is 6.42 Å². The third-order valence-corrected chi connectivity index (χ3v) is 3.93. The predicted octanol–water partition coefficient (Wildman–Crippen LogP) is 1.45. The number of guanidine groups is 1.